The second-order valence-electron chi connectivity index (χ2n) is 3.72. The maximum atomic E-state index is 13.4. The highest BCUT2D eigenvalue weighted by molar-refractivity contribution is 9.10. The number of rotatable bonds is 2. The summed E-state index contributed by atoms with van der Waals surface area (Å²) in [7, 11) is 0. The number of carbonyl (C=O) groups is 1. The predicted molar refractivity (Wildman–Crippen MR) is 56.1 cm³/mol. The number of carboxylic acid groups (broad SMARTS) is 1. The molecule has 0 saturated carbocycles. The number of halogens is 2. The highest BCUT2D eigenvalue weighted by Gasteiger charge is 2.27. The van der Waals surface area contributed by atoms with E-state index in [2.05, 4.69) is 15.9 Å². The average molecular weight is 263 g/mol. The molecule has 0 heterocycles. The number of hydrogen-bond acceptors (Lipinski definition) is 1. The summed E-state index contributed by atoms with van der Waals surface area (Å²) in [5.41, 5.74) is 1.02. The van der Waals surface area contributed by atoms with Crippen molar-refractivity contribution in [3.63, 3.8) is 0 Å². The van der Waals surface area contributed by atoms with Crippen molar-refractivity contribution in [2.45, 2.75) is 31.0 Å². The molecule has 78 valence electrons. The van der Waals surface area contributed by atoms with Crippen LogP contribution in [0, 0.1) is 0 Å². The molecule has 14 heavy (non-hydrogen) atoms. The summed E-state index contributed by atoms with van der Waals surface area (Å²) in [6, 6.07) is 0. The monoisotopic (exact) mass is 262 g/mol. The van der Waals surface area contributed by atoms with Crippen molar-refractivity contribution in [2.24, 2.45) is 0 Å². The van der Waals surface area contributed by atoms with Gasteiger partial charge in [0.25, 0.3) is 0 Å². The lowest BCUT2D eigenvalue weighted by molar-refractivity contribution is -0.136. The van der Waals surface area contributed by atoms with Crippen LogP contribution in [0.1, 0.15) is 26.7 Å². The molecular weight excluding hydrogens is 251 g/mol. The largest absolute Gasteiger partial charge is 0.481 e. The Labute approximate surface area is 90.6 Å². The molecule has 0 aromatic carbocycles. The quantitative estimate of drug-likeness (QED) is 0.777. The second kappa shape index (κ2) is 3.85. The fraction of sp³-hybridized carbons (Fsp3) is 0.500. The standard InChI is InChI=1S/C10H12BrFO2/c1-6-7(3-9(13)14)4-10(2,11)5-8(6)12/h4H,3,5H2,1-2H3,(H,13,14). The predicted octanol–water partition coefficient (Wildman–Crippen LogP) is 3.19. The Morgan fingerprint density at radius 1 is 1.79 bits per heavy atom. The summed E-state index contributed by atoms with van der Waals surface area (Å²) >= 11 is 3.35. The molecule has 0 aromatic heterocycles. The fourth-order valence-electron chi connectivity index (χ4n) is 1.48. The van der Waals surface area contributed by atoms with Crippen LogP contribution in [-0.2, 0) is 4.79 Å². The van der Waals surface area contributed by atoms with Crippen molar-refractivity contribution in [2.75, 3.05) is 0 Å². The number of aliphatic carboxylic acids is 1. The zero-order valence-electron chi connectivity index (χ0n) is 8.10. The van der Waals surface area contributed by atoms with Crippen molar-refractivity contribution in [1.29, 1.82) is 0 Å². The summed E-state index contributed by atoms with van der Waals surface area (Å²) in [4.78, 5) is 10.5. The zero-order chi connectivity index (χ0) is 10.9. The zero-order valence-corrected chi connectivity index (χ0v) is 9.69. The van der Waals surface area contributed by atoms with Crippen LogP contribution in [-0.4, -0.2) is 15.4 Å². The number of allylic oxidation sites excluding steroid dienone is 3. The van der Waals surface area contributed by atoms with Crippen molar-refractivity contribution in [1.82, 2.24) is 0 Å². The van der Waals surface area contributed by atoms with Crippen LogP contribution in [0.25, 0.3) is 0 Å². The first kappa shape index (κ1) is 11.4. The topological polar surface area (TPSA) is 37.3 Å². The van der Waals surface area contributed by atoms with Crippen molar-refractivity contribution >= 4 is 21.9 Å². The molecule has 1 unspecified atom stereocenters. The third-order valence-corrected chi connectivity index (χ3v) is 2.72. The molecule has 1 N–H and O–H groups in total. The van der Waals surface area contributed by atoms with Gasteiger partial charge in [-0.05, 0) is 25.0 Å². The Bertz CT molecular complexity index is 329. The third kappa shape index (κ3) is 2.67. The van der Waals surface area contributed by atoms with Gasteiger partial charge in [-0.3, -0.25) is 4.79 Å². The Balaban J connectivity index is 3.00. The Morgan fingerprint density at radius 2 is 2.36 bits per heavy atom. The van der Waals surface area contributed by atoms with Gasteiger partial charge in [-0.2, -0.15) is 0 Å². The molecule has 0 radical (unpaired) electrons. The molecule has 1 aliphatic rings. The number of alkyl halides is 1. The van der Waals surface area contributed by atoms with Gasteiger partial charge in [-0.25, -0.2) is 4.39 Å². The smallest absolute Gasteiger partial charge is 0.307 e. The highest BCUT2D eigenvalue weighted by Crippen LogP contribution is 2.38. The minimum absolute atomic E-state index is 0.125. The average Bonchev–Trinajstić information content (AvgIpc) is 1.97. The van der Waals surface area contributed by atoms with E-state index in [0.29, 0.717) is 11.1 Å². The van der Waals surface area contributed by atoms with Crippen molar-refractivity contribution in [3.05, 3.63) is 23.0 Å². The van der Waals surface area contributed by atoms with E-state index in [1.54, 1.807) is 13.0 Å². The van der Waals surface area contributed by atoms with E-state index in [1.807, 2.05) is 6.92 Å². The lowest BCUT2D eigenvalue weighted by atomic mass is 9.89. The van der Waals surface area contributed by atoms with Crippen LogP contribution < -0.4 is 0 Å². The molecule has 0 bridgehead atoms. The van der Waals surface area contributed by atoms with Crippen molar-refractivity contribution in [3.8, 4) is 0 Å². The molecular formula is C10H12BrFO2. The first-order chi connectivity index (χ1) is 6.32. The van der Waals surface area contributed by atoms with Gasteiger partial charge < -0.3 is 5.11 Å². The van der Waals surface area contributed by atoms with E-state index in [-0.39, 0.29) is 18.7 Å². The van der Waals surface area contributed by atoms with Crippen LogP contribution in [0.5, 0.6) is 0 Å². The van der Waals surface area contributed by atoms with Gasteiger partial charge in [0.2, 0.25) is 0 Å². The van der Waals surface area contributed by atoms with Crippen LogP contribution in [0.4, 0.5) is 4.39 Å². The molecule has 4 heteroatoms. The molecule has 1 rings (SSSR count). The minimum atomic E-state index is -0.936. The first-order valence-electron chi connectivity index (χ1n) is 4.30. The molecule has 2 nitrogen and oxygen atoms in total. The van der Waals surface area contributed by atoms with Gasteiger partial charge in [0, 0.05) is 10.7 Å². The van der Waals surface area contributed by atoms with Gasteiger partial charge in [0.05, 0.1) is 6.42 Å². The summed E-state index contributed by atoms with van der Waals surface area (Å²) < 4.78 is 12.9. The molecule has 0 fully saturated rings. The first-order valence-corrected chi connectivity index (χ1v) is 5.09. The van der Waals surface area contributed by atoms with Gasteiger partial charge in [0.1, 0.15) is 5.83 Å². The summed E-state index contributed by atoms with van der Waals surface area (Å²) in [5, 5.41) is 8.64. The van der Waals surface area contributed by atoms with Crippen LogP contribution >= 0.6 is 15.9 Å². The van der Waals surface area contributed by atoms with Crippen LogP contribution in [0.2, 0.25) is 0 Å². The molecule has 0 saturated heterocycles. The Morgan fingerprint density at radius 3 is 2.86 bits per heavy atom. The molecule has 0 amide bonds. The Kier molecular flexibility index (Phi) is 3.14. The summed E-state index contributed by atoms with van der Waals surface area (Å²) in [6.07, 6.45) is 1.93. The minimum Gasteiger partial charge on any atom is -0.481 e. The summed E-state index contributed by atoms with van der Waals surface area (Å²) in [5.74, 6) is -1.17. The maximum absolute atomic E-state index is 13.4. The molecule has 1 atom stereocenters. The van der Waals surface area contributed by atoms with Gasteiger partial charge in [-0.1, -0.05) is 22.0 Å². The number of carboxylic acids is 1. The molecule has 1 aliphatic carbocycles. The molecule has 0 spiro atoms. The normalized spacial score (nSPS) is 27.6. The lowest BCUT2D eigenvalue weighted by Gasteiger charge is -2.25. The molecule has 0 aromatic rings. The lowest BCUT2D eigenvalue weighted by Crippen LogP contribution is -2.19. The van der Waals surface area contributed by atoms with E-state index in [1.165, 1.54) is 0 Å². The highest BCUT2D eigenvalue weighted by atomic mass is 79.9. The van der Waals surface area contributed by atoms with Crippen molar-refractivity contribution < 1.29 is 14.3 Å². The Hall–Kier alpha value is -0.640. The van der Waals surface area contributed by atoms with Crippen LogP contribution in [0.15, 0.2) is 23.0 Å². The SMILES string of the molecule is CC1=C(F)CC(C)(Br)C=C1CC(=O)O. The summed E-state index contributed by atoms with van der Waals surface area (Å²) in [6.45, 7) is 3.44. The van der Waals surface area contributed by atoms with Gasteiger partial charge in [-0.15, -0.1) is 0 Å². The van der Waals surface area contributed by atoms with E-state index >= 15 is 0 Å². The van der Waals surface area contributed by atoms with E-state index < -0.39 is 10.3 Å². The van der Waals surface area contributed by atoms with E-state index in [4.69, 9.17) is 5.11 Å². The van der Waals surface area contributed by atoms with Crippen LogP contribution in [0.3, 0.4) is 0 Å². The maximum Gasteiger partial charge on any atom is 0.307 e. The van der Waals surface area contributed by atoms with Gasteiger partial charge >= 0.3 is 5.97 Å². The number of hydrogen-bond donors (Lipinski definition) is 1. The third-order valence-electron chi connectivity index (χ3n) is 2.21. The fourth-order valence-corrected chi connectivity index (χ4v) is 2.00. The van der Waals surface area contributed by atoms with E-state index in [0.717, 1.165) is 0 Å². The second-order valence-corrected chi connectivity index (χ2v) is 5.54. The molecule has 0 aliphatic heterocycles. The van der Waals surface area contributed by atoms with E-state index in [9.17, 15) is 9.18 Å². The van der Waals surface area contributed by atoms with Gasteiger partial charge in [0.15, 0.2) is 0 Å².